The Bertz CT molecular complexity index is 843. The minimum Gasteiger partial charge on any atom is -0.478 e. The van der Waals surface area contributed by atoms with Gasteiger partial charge in [-0.25, -0.2) is 9.59 Å². The number of carbonyl (C=O) groups is 3. The van der Waals surface area contributed by atoms with Gasteiger partial charge in [0.15, 0.2) is 5.78 Å². The van der Waals surface area contributed by atoms with Crippen LogP contribution < -0.4 is 0 Å². The highest BCUT2D eigenvalue weighted by molar-refractivity contribution is 6.10. The molecule has 0 radical (unpaired) electrons. The number of carbonyl (C=O) groups excluding carboxylic acids is 2. The van der Waals surface area contributed by atoms with E-state index in [9.17, 15) is 14.4 Å². The summed E-state index contributed by atoms with van der Waals surface area (Å²) in [6.45, 7) is 5.39. The van der Waals surface area contributed by atoms with Crippen LogP contribution >= 0.6 is 0 Å². The fraction of sp³-hybridized carbons (Fsp3) is 0.211. The Morgan fingerprint density at radius 2 is 1.80 bits per heavy atom. The fourth-order valence-electron chi connectivity index (χ4n) is 2.52. The van der Waals surface area contributed by atoms with Crippen molar-refractivity contribution in [3.05, 3.63) is 64.0 Å². The second-order valence-electron chi connectivity index (χ2n) is 5.47. The summed E-state index contributed by atoms with van der Waals surface area (Å²) in [5.74, 6) is -1.74. The molecule has 1 aromatic heterocycles. The molecule has 0 bridgehead atoms. The molecule has 6 heteroatoms. The number of H-pyrrole nitrogens is 1. The number of hydrogen-bond donors (Lipinski definition) is 2. The summed E-state index contributed by atoms with van der Waals surface area (Å²) < 4.78 is 4.97. The SMILES string of the molecule is CCOC(=O)c1[nH]c(C)c(C(=O)C=Cc2ccc(C(=O)O)cc2)c1C. The molecule has 0 saturated heterocycles. The van der Waals surface area contributed by atoms with Gasteiger partial charge in [-0.2, -0.15) is 0 Å². The lowest BCUT2D eigenvalue weighted by Gasteiger charge is -2.01. The summed E-state index contributed by atoms with van der Waals surface area (Å²) in [5.41, 5.74) is 2.74. The standard InChI is InChI=1S/C19H19NO5/c1-4-25-19(24)17-11(2)16(12(3)20-17)15(21)10-7-13-5-8-14(9-6-13)18(22)23/h5-10,20H,4H2,1-3H3,(H,22,23). The maximum atomic E-state index is 12.5. The number of ether oxygens (including phenoxy) is 1. The highest BCUT2D eigenvalue weighted by Gasteiger charge is 2.21. The minimum atomic E-state index is -1.00. The van der Waals surface area contributed by atoms with Gasteiger partial charge < -0.3 is 14.8 Å². The molecule has 0 saturated carbocycles. The first-order valence-electron chi connectivity index (χ1n) is 7.77. The lowest BCUT2D eigenvalue weighted by molar-refractivity contribution is 0.0518. The van der Waals surface area contributed by atoms with E-state index < -0.39 is 11.9 Å². The van der Waals surface area contributed by atoms with Crippen LogP contribution in [0.2, 0.25) is 0 Å². The maximum Gasteiger partial charge on any atom is 0.355 e. The van der Waals surface area contributed by atoms with Crippen LogP contribution in [-0.4, -0.2) is 34.4 Å². The van der Waals surface area contributed by atoms with Crippen molar-refractivity contribution in [2.75, 3.05) is 6.61 Å². The van der Waals surface area contributed by atoms with Crippen molar-refractivity contribution < 1.29 is 24.2 Å². The van der Waals surface area contributed by atoms with Crippen molar-refractivity contribution in [3.63, 3.8) is 0 Å². The molecular formula is C19H19NO5. The highest BCUT2D eigenvalue weighted by Crippen LogP contribution is 2.20. The molecule has 2 rings (SSSR count). The van der Waals surface area contributed by atoms with Gasteiger partial charge in [0.05, 0.1) is 12.2 Å². The van der Waals surface area contributed by atoms with Crippen LogP contribution in [-0.2, 0) is 4.74 Å². The zero-order chi connectivity index (χ0) is 18.6. The van der Waals surface area contributed by atoms with Gasteiger partial charge in [0, 0.05) is 11.3 Å². The number of aromatic amines is 1. The topological polar surface area (TPSA) is 96.5 Å². The minimum absolute atomic E-state index is 0.180. The third-order valence-corrected chi connectivity index (χ3v) is 3.75. The Morgan fingerprint density at radius 3 is 2.36 bits per heavy atom. The molecule has 0 aliphatic carbocycles. The molecular weight excluding hydrogens is 322 g/mol. The van der Waals surface area contributed by atoms with E-state index in [0.29, 0.717) is 22.4 Å². The lowest BCUT2D eigenvalue weighted by Crippen LogP contribution is -2.07. The quantitative estimate of drug-likeness (QED) is 0.477. The van der Waals surface area contributed by atoms with Crippen molar-refractivity contribution >= 4 is 23.8 Å². The van der Waals surface area contributed by atoms with Crippen LogP contribution in [0.4, 0.5) is 0 Å². The summed E-state index contributed by atoms with van der Waals surface area (Å²) in [7, 11) is 0. The van der Waals surface area contributed by atoms with Gasteiger partial charge in [-0.05, 0) is 50.1 Å². The number of aromatic carboxylic acids is 1. The van der Waals surface area contributed by atoms with Gasteiger partial charge >= 0.3 is 11.9 Å². The van der Waals surface area contributed by atoms with Crippen molar-refractivity contribution in [1.29, 1.82) is 0 Å². The molecule has 1 heterocycles. The van der Waals surface area contributed by atoms with E-state index >= 15 is 0 Å². The average Bonchev–Trinajstić information content (AvgIpc) is 2.88. The molecule has 0 aliphatic heterocycles. The summed E-state index contributed by atoms with van der Waals surface area (Å²) in [6.07, 6.45) is 3.00. The van der Waals surface area contributed by atoms with Crippen molar-refractivity contribution in [2.45, 2.75) is 20.8 Å². The molecule has 0 amide bonds. The fourth-order valence-corrected chi connectivity index (χ4v) is 2.52. The lowest BCUT2D eigenvalue weighted by atomic mass is 10.0. The Kier molecular flexibility index (Phi) is 5.54. The van der Waals surface area contributed by atoms with Crippen LogP contribution in [0, 0.1) is 13.8 Å². The Hall–Kier alpha value is -3.15. The zero-order valence-corrected chi connectivity index (χ0v) is 14.3. The third kappa shape index (κ3) is 4.03. The number of carboxylic acid groups (broad SMARTS) is 1. The van der Waals surface area contributed by atoms with Gasteiger partial charge in [-0.3, -0.25) is 4.79 Å². The van der Waals surface area contributed by atoms with Crippen LogP contribution in [0.15, 0.2) is 30.3 Å². The van der Waals surface area contributed by atoms with Gasteiger partial charge in [0.1, 0.15) is 5.69 Å². The number of aryl methyl sites for hydroxylation is 1. The highest BCUT2D eigenvalue weighted by atomic mass is 16.5. The Morgan fingerprint density at radius 1 is 1.16 bits per heavy atom. The first-order valence-corrected chi connectivity index (χ1v) is 7.77. The molecule has 0 atom stereocenters. The second kappa shape index (κ2) is 7.61. The number of benzene rings is 1. The molecule has 0 unspecified atom stereocenters. The molecule has 1 aromatic carbocycles. The number of hydrogen-bond acceptors (Lipinski definition) is 4. The van der Waals surface area contributed by atoms with Crippen LogP contribution in [0.25, 0.3) is 6.08 Å². The van der Waals surface area contributed by atoms with Crippen LogP contribution in [0.3, 0.4) is 0 Å². The summed E-state index contributed by atoms with van der Waals surface area (Å²) in [4.78, 5) is 38.1. The maximum absolute atomic E-state index is 12.5. The molecule has 0 aliphatic rings. The normalized spacial score (nSPS) is 10.8. The first-order chi connectivity index (χ1) is 11.8. The smallest absolute Gasteiger partial charge is 0.355 e. The van der Waals surface area contributed by atoms with E-state index in [0.717, 1.165) is 0 Å². The number of allylic oxidation sites excluding steroid dienone is 1. The van der Waals surface area contributed by atoms with E-state index in [-0.39, 0.29) is 23.6 Å². The van der Waals surface area contributed by atoms with Crippen molar-refractivity contribution in [2.24, 2.45) is 0 Å². The van der Waals surface area contributed by atoms with Crippen molar-refractivity contribution in [3.8, 4) is 0 Å². The number of carboxylic acids is 1. The van der Waals surface area contributed by atoms with Gasteiger partial charge in [0.25, 0.3) is 0 Å². The molecule has 0 fully saturated rings. The van der Waals surface area contributed by atoms with E-state index in [2.05, 4.69) is 4.98 Å². The van der Waals surface area contributed by atoms with E-state index in [1.54, 1.807) is 39.0 Å². The number of rotatable bonds is 6. The summed E-state index contributed by atoms with van der Waals surface area (Å²) in [5, 5.41) is 8.88. The van der Waals surface area contributed by atoms with Gasteiger partial charge in [-0.1, -0.05) is 18.2 Å². The van der Waals surface area contributed by atoms with Crippen LogP contribution in [0.5, 0.6) is 0 Å². The Labute approximate surface area is 145 Å². The number of aromatic nitrogens is 1. The monoisotopic (exact) mass is 341 g/mol. The number of esters is 1. The van der Waals surface area contributed by atoms with Gasteiger partial charge in [0.2, 0.25) is 0 Å². The number of nitrogens with one attached hydrogen (secondary N) is 1. The summed E-state index contributed by atoms with van der Waals surface area (Å²) in [6, 6.07) is 6.18. The average molecular weight is 341 g/mol. The second-order valence-corrected chi connectivity index (χ2v) is 5.47. The molecule has 25 heavy (non-hydrogen) atoms. The largest absolute Gasteiger partial charge is 0.478 e. The van der Waals surface area contributed by atoms with Crippen molar-refractivity contribution in [1.82, 2.24) is 4.98 Å². The van der Waals surface area contributed by atoms with Crippen LogP contribution in [0.1, 0.15) is 54.9 Å². The van der Waals surface area contributed by atoms with E-state index in [4.69, 9.17) is 9.84 Å². The molecule has 2 aromatic rings. The molecule has 2 N–H and O–H groups in total. The van der Waals surface area contributed by atoms with E-state index in [1.807, 2.05) is 0 Å². The summed E-state index contributed by atoms with van der Waals surface area (Å²) >= 11 is 0. The van der Waals surface area contributed by atoms with Gasteiger partial charge in [-0.15, -0.1) is 0 Å². The Balaban J connectivity index is 2.23. The number of ketones is 1. The third-order valence-electron chi connectivity index (χ3n) is 3.75. The first kappa shape index (κ1) is 18.2. The molecule has 6 nitrogen and oxygen atoms in total. The molecule has 0 spiro atoms. The predicted octanol–water partition coefficient (Wildman–Crippen LogP) is 3.40. The van der Waals surface area contributed by atoms with E-state index in [1.165, 1.54) is 18.2 Å². The zero-order valence-electron chi connectivity index (χ0n) is 14.3. The molecule has 130 valence electrons. The predicted molar refractivity (Wildman–Crippen MR) is 93.0 cm³/mol.